The molecule has 0 saturated carbocycles. The molecule has 0 aliphatic carbocycles. The minimum atomic E-state index is 0.694. The Morgan fingerprint density at radius 3 is 1.33 bits per heavy atom. The molecule has 1 rings (SSSR count). The van der Waals surface area contributed by atoms with E-state index in [1.165, 1.54) is 83.0 Å². The maximum atomic E-state index is 5.65. The molecular weight excluding hydrogens is 406 g/mol. The number of hydrogen-bond acceptors (Lipinski definition) is 2. The van der Waals surface area contributed by atoms with Crippen molar-refractivity contribution in [3.63, 3.8) is 0 Å². The molecule has 33 heavy (non-hydrogen) atoms. The Balaban J connectivity index is 3.24. The fourth-order valence-corrected chi connectivity index (χ4v) is 4.07. The molecule has 0 atom stereocenters. The molecule has 0 unspecified atom stereocenters. The van der Waals surface area contributed by atoms with Gasteiger partial charge in [0.15, 0.2) is 0 Å². The minimum absolute atomic E-state index is 0.694. The molecule has 4 nitrogen and oxygen atoms in total. The third kappa shape index (κ3) is 12.9. The molecule has 0 aliphatic rings. The van der Waals surface area contributed by atoms with Crippen LogP contribution in [0.3, 0.4) is 0 Å². The van der Waals surface area contributed by atoms with Crippen molar-refractivity contribution in [3.05, 3.63) is 24.3 Å². The van der Waals surface area contributed by atoms with Crippen LogP contribution in [0, 0.1) is 0 Å². The summed E-state index contributed by atoms with van der Waals surface area (Å²) in [6.45, 7) is 16.3. The number of unbranched alkanes of at least 4 members (excludes halogenated alkanes) is 8. The van der Waals surface area contributed by atoms with Gasteiger partial charge in [0.1, 0.15) is 5.75 Å². The predicted octanol–water partition coefficient (Wildman–Crippen LogP) is 8.44. The van der Waals surface area contributed by atoms with Crippen molar-refractivity contribution in [2.45, 2.75) is 112 Å². The van der Waals surface area contributed by atoms with Gasteiger partial charge in [-0.15, -0.1) is 0 Å². The Hall–Kier alpha value is -1.71. The Morgan fingerprint density at radius 1 is 0.606 bits per heavy atom. The zero-order valence-corrected chi connectivity index (χ0v) is 22.6. The Labute approximate surface area is 205 Å². The lowest BCUT2D eigenvalue weighted by Gasteiger charge is -2.35. The topological polar surface area (TPSA) is 28.1 Å². The maximum Gasteiger partial charge on any atom is 0.201 e. The lowest BCUT2D eigenvalue weighted by atomic mass is 10.2. The summed E-state index contributed by atoms with van der Waals surface area (Å²) in [4.78, 5) is 10.5. The third-order valence-corrected chi connectivity index (χ3v) is 6.07. The van der Waals surface area contributed by atoms with Gasteiger partial charge >= 0.3 is 0 Å². The average Bonchev–Trinajstić information content (AvgIpc) is 2.82. The zero-order valence-electron chi connectivity index (χ0n) is 22.6. The smallest absolute Gasteiger partial charge is 0.201 e. The lowest BCUT2D eigenvalue weighted by molar-refractivity contribution is 0.297. The largest absolute Gasteiger partial charge is 0.494 e. The summed E-state index contributed by atoms with van der Waals surface area (Å²) < 4.78 is 5.65. The van der Waals surface area contributed by atoms with Gasteiger partial charge in [-0.3, -0.25) is 0 Å². The van der Waals surface area contributed by atoms with Gasteiger partial charge in [-0.25, -0.2) is 4.99 Å². The first-order valence-electron chi connectivity index (χ1n) is 14.0. The molecule has 0 amide bonds. The predicted molar refractivity (Wildman–Crippen MR) is 146 cm³/mol. The summed E-state index contributed by atoms with van der Waals surface area (Å²) in [6, 6.07) is 8.32. The molecule has 0 heterocycles. The number of rotatable bonds is 19. The molecule has 4 heteroatoms. The highest BCUT2D eigenvalue weighted by atomic mass is 16.5. The summed E-state index contributed by atoms with van der Waals surface area (Å²) in [6.07, 6.45) is 15.1. The highest BCUT2D eigenvalue weighted by Gasteiger charge is 2.19. The van der Waals surface area contributed by atoms with Gasteiger partial charge in [0.25, 0.3) is 0 Å². The summed E-state index contributed by atoms with van der Waals surface area (Å²) in [7, 11) is 0. The van der Waals surface area contributed by atoms with E-state index >= 15 is 0 Å². The fourth-order valence-electron chi connectivity index (χ4n) is 4.07. The molecule has 0 saturated heterocycles. The first-order valence-corrected chi connectivity index (χ1v) is 14.0. The van der Waals surface area contributed by atoms with Crippen molar-refractivity contribution < 1.29 is 4.74 Å². The van der Waals surface area contributed by atoms with E-state index in [1.54, 1.807) is 0 Å². The van der Waals surface area contributed by atoms with E-state index in [1.807, 2.05) is 6.92 Å². The lowest BCUT2D eigenvalue weighted by Crippen LogP contribution is -2.46. The Bertz CT molecular complexity index is 553. The van der Waals surface area contributed by atoms with Crippen LogP contribution < -0.4 is 4.74 Å². The number of hydrogen-bond donors (Lipinski definition) is 0. The summed E-state index contributed by atoms with van der Waals surface area (Å²) in [5.74, 6) is 2.11. The molecule has 1 aromatic carbocycles. The van der Waals surface area contributed by atoms with E-state index in [-0.39, 0.29) is 0 Å². The van der Waals surface area contributed by atoms with Crippen molar-refractivity contribution in [2.24, 2.45) is 4.99 Å². The van der Waals surface area contributed by atoms with Crippen LogP contribution in [0.5, 0.6) is 5.75 Å². The molecule has 0 aromatic heterocycles. The van der Waals surface area contributed by atoms with Crippen molar-refractivity contribution in [3.8, 4) is 5.75 Å². The number of ether oxygens (including phenoxy) is 1. The van der Waals surface area contributed by atoms with Gasteiger partial charge in [-0.2, -0.15) is 0 Å². The van der Waals surface area contributed by atoms with Crippen molar-refractivity contribution in [2.75, 3.05) is 32.8 Å². The molecule has 0 bridgehead atoms. The molecule has 0 spiro atoms. The van der Waals surface area contributed by atoms with E-state index in [9.17, 15) is 0 Å². The number of aliphatic imine (C=N–C) groups is 1. The summed E-state index contributed by atoms with van der Waals surface area (Å²) in [5.41, 5.74) is 1.03. The van der Waals surface area contributed by atoms with Crippen LogP contribution in [0.2, 0.25) is 0 Å². The molecule has 190 valence electrons. The van der Waals surface area contributed by atoms with Crippen LogP contribution in [-0.4, -0.2) is 48.5 Å². The van der Waals surface area contributed by atoms with Crippen molar-refractivity contribution in [1.29, 1.82) is 0 Å². The number of benzene rings is 1. The first kappa shape index (κ1) is 29.3. The second-order valence-corrected chi connectivity index (χ2v) is 9.14. The summed E-state index contributed by atoms with van der Waals surface area (Å²) in [5, 5.41) is 0. The summed E-state index contributed by atoms with van der Waals surface area (Å²) >= 11 is 0. The second kappa shape index (κ2) is 19.7. The van der Waals surface area contributed by atoms with Crippen LogP contribution in [0.1, 0.15) is 112 Å². The highest BCUT2D eigenvalue weighted by Crippen LogP contribution is 2.21. The minimum Gasteiger partial charge on any atom is -0.494 e. The van der Waals surface area contributed by atoms with Crippen molar-refractivity contribution in [1.82, 2.24) is 9.80 Å². The molecule has 1 aromatic rings. The molecule has 0 fully saturated rings. The van der Waals surface area contributed by atoms with Gasteiger partial charge < -0.3 is 14.5 Å². The maximum absolute atomic E-state index is 5.65. The van der Waals surface area contributed by atoms with Crippen LogP contribution in [0.25, 0.3) is 0 Å². The van der Waals surface area contributed by atoms with Gasteiger partial charge in [0.2, 0.25) is 5.96 Å². The van der Waals surface area contributed by atoms with Crippen LogP contribution in [-0.2, 0) is 0 Å². The first-order chi connectivity index (χ1) is 16.2. The van der Waals surface area contributed by atoms with Crippen LogP contribution >= 0.6 is 0 Å². The van der Waals surface area contributed by atoms with Gasteiger partial charge in [0, 0.05) is 26.2 Å². The molecular formula is C29H53N3O. The second-order valence-electron chi connectivity index (χ2n) is 9.14. The third-order valence-electron chi connectivity index (χ3n) is 6.07. The van der Waals surface area contributed by atoms with E-state index < -0.39 is 0 Å². The zero-order chi connectivity index (χ0) is 24.2. The number of nitrogens with zero attached hydrogens (tertiary/aromatic N) is 3. The van der Waals surface area contributed by atoms with Crippen molar-refractivity contribution >= 4 is 11.6 Å². The fraction of sp³-hybridized carbons (Fsp3) is 0.759. The van der Waals surface area contributed by atoms with Gasteiger partial charge in [-0.1, -0.05) is 79.1 Å². The van der Waals surface area contributed by atoms with Gasteiger partial charge in [-0.05, 0) is 56.9 Å². The SMILES string of the molecule is CCCCCN(CCCCC)C(=Nc1ccc(OCC)cc1)N(CCCCC)CCCCC. The van der Waals surface area contributed by atoms with Crippen LogP contribution in [0.15, 0.2) is 29.3 Å². The molecule has 0 aliphatic heterocycles. The molecule has 0 N–H and O–H groups in total. The average molecular weight is 460 g/mol. The quantitative estimate of drug-likeness (QED) is 0.118. The Kier molecular flexibility index (Phi) is 17.5. The monoisotopic (exact) mass is 459 g/mol. The van der Waals surface area contributed by atoms with E-state index in [2.05, 4.69) is 61.8 Å². The van der Waals surface area contributed by atoms with E-state index in [0.717, 1.165) is 37.6 Å². The highest BCUT2D eigenvalue weighted by molar-refractivity contribution is 5.83. The standard InChI is InChI=1S/C29H53N3O/c1-6-11-15-23-31(24-16-12-7-2)29(30-27-19-21-28(22-20-27)33-10-5)32(25-17-13-8-3)26-18-14-9-4/h19-22H,6-18,23-26H2,1-5H3. The Morgan fingerprint density at radius 2 is 1.00 bits per heavy atom. The van der Waals surface area contributed by atoms with Gasteiger partial charge in [0.05, 0.1) is 12.3 Å². The van der Waals surface area contributed by atoms with E-state index in [0.29, 0.717) is 6.61 Å². The number of guanidine groups is 1. The molecule has 0 radical (unpaired) electrons. The van der Waals surface area contributed by atoms with Crippen LogP contribution in [0.4, 0.5) is 5.69 Å². The normalized spacial score (nSPS) is 10.8. The van der Waals surface area contributed by atoms with E-state index in [4.69, 9.17) is 9.73 Å².